The lowest BCUT2D eigenvalue weighted by molar-refractivity contribution is -0.137. The van der Waals surface area contributed by atoms with Crippen LogP contribution >= 0.6 is 0 Å². The highest BCUT2D eigenvalue weighted by Gasteiger charge is 2.36. The molecule has 0 aliphatic carbocycles. The number of hydrogen-bond donors (Lipinski definition) is 1. The van der Waals surface area contributed by atoms with E-state index in [2.05, 4.69) is 19.1 Å². The van der Waals surface area contributed by atoms with Crippen LogP contribution in [0.25, 0.3) is 0 Å². The molecular formula is C20H36O3. The van der Waals surface area contributed by atoms with Crippen molar-refractivity contribution in [1.82, 2.24) is 0 Å². The van der Waals surface area contributed by atoms with Crippen molar-refractivity contribution in [2.45, 2.75) is 109 Å². The number of carboxylic acids is 1. The van der Waals surface area contributed by atoms with Gasteiger partial charge in [-0.25, -0.2) is 0 Å². The zero-order valence-electron chi connectivity index (χ0n) is 15.0. The molecule has 23 heavy (non-hydrogen) atoms. The smallest absolute Gasteiger partial charge is 0.303 e. The number of ether oxygens (including phenoxy) is 1. The summed E-state index contributed by atoms with van der Waals surface area (Å²) >= 11 is 0. The summed E-state index contributed by atoms with van der Waals surface area (Å²) in [4.78, 5) is 10.4. The molecule has 0 amide bonds. The van der Waals surface area contributed by atoms with Crippen LogP contribution in [0.4, 0.5) is 0 Å². The van der Waals surface area contributed by atoms with E-state index in [-0.39, 0.29) is 0 Å². The van der Waals surface area contributed by atoms with E-state index in [1.165, 1.54) is 64.2 Å². The van der Waals surface area contributed by atoms with Gasteiger partial charge in [-0.15, -0.1) is 0 Å². The van der Waals surface area contributed by atoms with Crippen molar-refractivity contribution < 1.29 is 14.6 Å². The lowest BCUT2D eigenvalue weighted by atomic mass is 10.1. The van der Waals surface area contributed by atoms with Crippen LogP contribution in [0.1, 0.15) is 96.8 Å². The Morgan fingerprint density at radius 3 is 2.30 bits per heavy atom. The predicted octanol–water partition coefficient (Wildman–Crippen LogP) is 5.88. The number of unbranched alkanes of at least 4 members (excludes halogenated alkanes) is 9. The van der Waals surface area contributed by atoms with Crippen LogP contribution in [-0.4, -0.2) is 23.3 Å². The van der Waals surface area contributed by atoms with Crippen molar-refractivity contribution in [3.8, 4) is 0 Å². The SMILES string of the molecule is CCCCC[C@H]1O[C@H]1C/C=C\CCCCCCCCCC(=O)O. The molecule has 1 fully saturated rings. The fraction of sp³-hybridized carbons (Fsp3) is 0.850. The highest BCUT2D eigenvalue weighted by atomic mass is 16.6. The maximum absolute atomic E-state index is 10.4. The van der Waals surface area contributed by atoms with Gasteiger partial charge in [0.15, 0.2) is 0 Å². The van der Waals surface area contributed by atoms with Crippen LogP contribution in [-0.2, 0) is 9.53 Å². The van der Waals surface area contributed by atoms with Gasteiger partial charge in [0, 0.05) is 6.42 Å². The highest BCUT2D eigenvalue weighted by molar-refractivity contribution is 5.66. The molecule has 3 nitrogen and oxygen atoms in total. The van der Waals surface area contributed by atoms with Crippen molar-refractivity contribution >= 4 is 5.97 Å². The first-order valence-corrected chi connectivity index (χ1v) is 9.76. The van der Waals surface area contributed by atoms with Crippen LogP contribution in [0.2, 0.25) is 0 Å². The molecule has 0 aromatic carbocycles. The quantitative estimate of drug-likeness (QED) is 0.219. The molecule has 1 rings (SSSR count). The van der Waals surface area contributed by atoms with E-state index in [0.717, 1.165) is 19.3 Å². The minimum absolute atomic E-state index is 0.328. The van der Waals surface area contributed by atoms with Crippen LogP contribution in [0.5, 0.6) is 0 Å². The van der Waals surface area contributed by atoms with Gasteiger partial charge in [-0.2, -0.15) is 0 Å². The molecule has 0 aromatic rings. The number of carboxylic acid groups (broad SMARTS) is 1. The van der Waals surface area contributed by atoms with Crippen molar-refractivity contribution in [1.29, 1.82) is 0 Å². The number of epoxide rings is 1. The Labute approximate surface area is 142 Å². The monoisotopic (exact) mass is 324 g/mol. The largest absolute Gasteiger partial charge is 0.481 e. The molecule has 1 saturated heterocycles. The third-order valence-electron chi connectivity index (χ3n) is 4.58. The number of aliphatic carboxylic acids is 1. The molecule has 2 atom stereocenters. The maximum atomic E-state index is 10.4. The Morgan fingerprint density at radius 1 is 0.913 bits per heavy atom. The van der Waals surface area contributed by atoms with Crippen LogP contribution in [0.15, 0.2) is 12.2 Å². The average molecular weight is 325 g/mol. The van der Waals surface area contributed by atoms with Crippen molar-refractivity contribution in [2.24, 2.45) is 0 Å². The van der Waals surface area contributed by atoms with Gasteiger partial charge in [-0.05, 0) is 32.1 Å². The molecule has 0 radical (unpaired) electrons. The molecule has 0 spiro atoms. The highest BCUT2D eigenvalue weighted by Crippen LogP contribution is 2.30. The summed E-state index contributed by atoms with van der Waals surface area (Å²) < 4.78 is 5.68. The van der Waals surface area contributed by atoms with E-state index in [1.54, 1.807) is 0 Å². The van der Waals surface area contributed by atoms with Crippen LogP contribution in [0, 0.1) is 0 Å². The standard InChI is InChI=1S/C20H36O3/c1-2-3-12-15-18-19(23-18)16-13-10-8-6-4-5-7-9-11-14-17-20(21)22/h10,13,18-19H,2-9,11-12,14-17H2,1H3,(H,21,22)/b13-10-/t18-,19+/m1/s1. The molecule has 0 saturated carbocycles. The summed E-state index contributed by atoms with van der Waals surface area (Å²) in [5.41, 5.74) is 0. The van der Waals surface area contributed by atoms with E-state index < -0.39 is 5.97 Å². The van der Waals surface area contributed by atoms with Gasteiger partial charge in [-0.3, -0.25) is 4.79 Å². The molecule has 0 aromatic heterocycles. The van der Waals surface area contributed by atoms with E-state index >= 15 is 0 Å². The van der Waals surface area contributed by atoms with Gasteiger partial charge in [0.05, 0.1) is 12.2 Å². The normalized spacial score (nSPS) is 20.2. The van der Waals surface area contributed by atoms with Gasteiger partial charge >= 0.3 is 5.97 Å². The van der Waals surface area contributed by atoms with Gasteiger partial charge in [0.2, 0.25) is 0 Å². The van der Waals surface area contributed by atoms with E-state index in [0.29, 0.717) is 18.6 Å². The zero-order chi connectivity index (χ0) is 16.8. The Bertz CT molecular complexity index is 325. The van der Waals surface area contributed by atoms with Crippen LogP contribution in [0.3, 0.4) is 0 Å². The number of hydrogen-bond acceptors (Lipinski definition) is 2. The lowest BCUT2D eigenvalue weighted by Gasteiger charge is -2.00. The van der Waals surface area contributed by atoms with E-state index in [1.807, 2.05) is 0 Å². The second kappa shape index (κ2) is 13.6. The Balaban J connectivity index is 1.77. The Morgan fingerprint density at radius 2 is 1.61 bits per heavy atom. The topological polar surface area (TPSA) is 49.8 Å². The summed E-state index contributed by atoms with van der Waals surface area (Å²) in [6.07, 6.45) is 21.7. The first kappa shape index (κ1) is 20.2. The second-order valence-electron chi connectivity index (χ2n) is 6.82. The van der Waals surface area contributed by atoms with Crippen molar-refractivity contribution in [3.05, 3.63) is 12.2 Å². The molecule has 0 bridgehead atoms. The minimum atomic E-state index is -0.666. The van der Waals surface area contributed by atoms with E-state index in [9.17, 15) is 4.79 Å². The summed E-state index contributed by atoms with van der Waals surface area (Å²) in [6.45, 7) is 2.24. The van der Waals surface area contributed by atoms with E-state index in [4.69, 9.17) is 9.84 Å². The Kier molecular flexibility index (Phi) is 11.9. The lowest BCUT2D eigenvalue weighted by Crippen LogP contribution is -1.93. The van der Waals surface area contributed by atoms with Gasteiger partial charge in [0.25, 0.3) is 0 Å². The zero-order valence-corrected chi connectivity index (χ0v) is 15.0. The number of carbonyl (C=O) groups is 1. The first-order chi connectivity index (χ1) is 11.2. The third-order valence-corrected chi connectivity index (χ3v) is 4.58. The van der Waals surface area contributed by atoms with Crippen LogP contribution < -0.4 is 0 Å². The molecular weight excluding hydrogens is 288 g/mol. The predicted molar refractivity (Wildman–Crippen MR) is 95.7 cm³/mol. The average Bonchev–Trinajstić information content (AvgIpc) is 3.27. The molecule has 1 heterocycles. The molecule has 134 valence electrons. The fourth-order valence-corrected chi connectivity index (χ4v) is 3.01. The fourth-order valence-electron chi connectivity index (χ4n) is 3.01. The first-order valence-electron chi connectivity index (χ1n) is 9.76. The van der Waals surface area contributed by atoms with Gasteiger partial charge in [-0.1, -0.05) is 70.4 Å². The maximum Gasteiger partial charge on any atom is 0.303 e. The van der Waals surface area contributed by atoms with Crippen molar-refractivity contribution in [3.63, 3.8) is 0 Å². The summed E-state index contributed by atoms with van der Waals surface area (Å²) in [7, 11) is 0. The summed E-state index contributed by atoms with van der Waals surface area (Å²) in [5, 5.41) is 8.54. The number of allylic oxidation sites excluding steroid dienone is 1. The number of rotatable bonds is 16. The van der Waals surface area contributed by atoms with Gasteiger partial charge in [0.1, 0.15) is 0 Å². The van der Waals surface area contributed by atoms with Crippen molar-refractivity contribution in [2.75, 3.05) is 0 Å². The minimum Gasteiger partial charge on any atom is -0.481 e. The Hall–Kier alpha value is -0.830. The molecule has 1 aliphatic heterocycles. The molecule has 3 heteroatoms. The molecule has 1 aliphatic rings. The second-order valence-corrected chi connectivity index (χ2v) is 6.82. The molecule has 1 N–H and O–H groups in total. The van der Waals surface area contributed by atoms with Gasteiger partial charge < -0.3 is 9.84 Å². The third kappa shape index (κ3) is 12.3. The molecule has 0 unspecified atom stereocenters. The summed E-state index contributed by atoms with van der Waals surface area (Å²) in [5.74, 6) is -0.666. The summed E-state index contributed by atoms with van der Waals surface area (Å²) in [6, 6.07) is 0.